The molecule has 5 heteroatoms. The highest BCUT2D eigenvalue weighted by atomic mass is 32.2. The van der Waals surface area contributed by atoms with E-state index in [1.54, 1.807) is 0 Å². The van der Waals surface area contributed by atoms with Gasteiger partial charge >= 0.3 is 0 Å². The van der Waals surface area contributed by atoms with Crippen molar-refractivity contribution in [3.05, 3.63) is 35.4 Å². The number of amides is 1. The van der Waals surface area contributed by atoms with Gasteiger partial charge in [-0.05, 0) is 23.0 Å². The first kappa shape index (κ1) is 19.7. The van der Waals surface area contributed by atoms with Gasteiger partial charge in [-0.3, -0.25) is 9.69 Å². The van der Waals surface area contributed by atoms with Gasteiger partial charge < -0.3 is 10.2 Å². The second kappa shape index (κ2) is 8.32. The van der Waals surface area contributed by atoms with Crippen molar-refractivity contribution >= 4 is 17.7 Å². The fourth-order valence-corrected chi connectivity index (χ4v) is 5.10. The van der Waals surface area contributed by atoms with E-state index in [2.05, 4.69) is 67.1 Å². The molecule has 1 amide bonds. The zero-order valence-electron chi connectivity index (χ0n) is 16.6. The van der Waals surface area contributed by atoms with Crippen molar-refractivity contribution in [1.29, 1.82) is 0 Å². The molecule has 0 saturated carbocycles. The summed E-state index contributed by atoms with van der Waals surface area (Å²) in [5.41, 5.74) is 2.76. The Bertz CT molecular complexity index is 605. The summed E-state index contributed by atoms with van der Waals surface area (Å²) in [6.45, 7) is 14.9. The highest BCUT2D eigenvalue weighted by Gasteiger charge is 2.39. The van der Waals surface area contributed by atoms with Gasteiger partial charge in [0.1, 0.15) is 5.37 Å². The van der Waals surface area contributed by atoms with E-state index < -0.39 is 0 Å². The molecule has 1 aromatic carbocycles. The van der Waals surface area contributed by atoms with Crippen LogP contribution in [0.2, 0.25) is 0 Å². The van der Waals surface area contributed by atoms with Gasteiger partial charge in [0.05, 0.1) is 5.25 Å². The number of rotatable bonds is 5. The molecule has 1 aromatic rings. The van der Waals surface area contributed by atoms with Crippen LogP contribution in [0.4, 0.5) is 0 Å². The molecule has 0 aliphatic carbocycles. The Morgan fingerprint density at radius 1 is 1.12 bits per heavy atom. The topological polar surface area (TPSA) is 35.6 Å². The summed E-state index contributed by atoms with van der Waals surface area (Å²) in [6, 6.07) is 8.91. The van der Waals surface area contributed by atoms with Crippen molar-refractivity contribution in [2.24, 2.45) is 0 Å². The molecule has 4 nitrogen and oxygen atoms in total. The summed E-state index contributed by atoms with van der Waals surface area (Å²) in [5, 5.41) is 3.65. The van der Waals surface area contributed by atoms with E-state index >= 15 is 0 Å². The highest BCUT2D eigenvalue weighted by molar-refractivity contribution is 8.01. The zero-order valence-corrected chi connectivity index (χ0v) is 17.4. The van der Waals surface area contributed by atoms with Gasteiger partial charge in [-0.15, -0.1) is 11.8 Å². The van der Waals surface area contributed by atoms with Crippen LogP contribution in [0.1, 0.15) is 50.6 Å². The Balaban J connectivity index is 1.73. The average molecular weight is 376 g/mol. The van der Waals surface area contributed by atoms with Crippen molar-refractivity contribution in [3.8, 4) is 0 Å². The van der Waals surface area contributed by atoms with E-state index in [1.165, 1.54) is 11.1 Å². The van der Waals surface area contributed by atoms with Gasteiger partial charge in [0.15, 0.2) is 0 Å². The molecular formula is C21H33N3OS. The van der Waals surface area contributed by atoms with Crippen LogP contribution >= 0.6 is 11.8 Å². The Kier molecular flexibility index (Phi) is 6.31. The number of carbonyl (C=O) groups is 1. The molecule has 0 bridgehead atoms. The number of nitrogens with zero attached hydrogens (tertiary/aromatic N) is 2. The predicted octanol–water partition coefficient (Wildman–Crippen LogP) is 3.24. The molecule has 0 unspecified atom stereocenters. The summed E-state index contributed by atoms with van der Waals surface area (Å²) in [6.07, 6.45) is 0.907. The molecule has 3 rings (SSSR count). The van der Waals surface area contributed by atoms with Gasteiger partial charge in [-0.25, -0.2) is 0 Å². The average Bonchev–Trinajstić information content (AvgIpc) is 2.96. The van der Waals surface area contributed by atoms with E-state index in [0.29, 0.717) is 5.91 Å². The predicted molar refractivity (Wildman–Crippen MR) is 111 cm³/mol. The lowest BCUT2D eigenvalue weighted by Crippen LogP contribution is -2.47. The van der Waals surface area contributed by atoms with Crippen LogP contribution in [0.3, 0.4) is 0 Å². The third-order valence-electron chi connectivity index (χ3n) is 5.43. The zero-order chi connectivity index (χ0) is 18.7. The molecule has 2 saturated heterocycles. The van der Waals surface area contributed by atoms with Gasteiger partial charge in [-0.2, -0.15) is 0 Å². The molecule has 144 valence electrons. The number of thioether (sulfide) groups is 1. The fourth-order valence-electron chi connectivity index (χ4n) is 3.68. The maximum absolute atomic E-state index is 12.9. The van der Waals surface area contributed by atoms with E-state index in [1.807, 2.05) is 11.8 Å². The Morgan fingerprint density at radius 3 is 2.35 bits per heavy atom. The second-order valence-corrected chi connectivity index (χ2v) is 9.67. The van der Waals surface area contributed by atoms with Crippen LogP contribution in [-0.4, -0.2) is 60.2 Å². The van der Waals surface area contributed by atoms with E-state index in [9.17, 15) is 4.79 Å². The lowest BCUT2D eigenvalue weighted by atomic mass is 9.86. The van der Waals surface area contributed by atoms with Crippen molar-refractivity contribution in [3.63, 3.8) is 0 Å². The molecule has 2 atom stereocenters. The molecular weight excluding hydrogens is 342 g/mol. The number of piperazine rings is 1. The van der Waals surface area contributed by atoms with E-state index in [-0.39, 0.29) is 16.0 Å². The third-order valence-corrected chi connectivity index (χ3v) is 7.08. The minimum absolute atomic E-state index is 0.102. The minimum atomic E-state index is 0.102. The largest absolute Gasteiger partial charge is 0.324 e. The quantitative estimate of drug-likeness (QED) is 0.857. The van der Waals surface area contributed by atoms with Crippen LogP contribution in [-0.2, 0) is 10.2 Å². The number of carbonyl (C=O) groups excluding carboxylic acids is 1. The van der Waals surface area contributed by atoms with Gasteiger partial charge in [-0.1, -0.05) is 52.0 Å². The summed E-state index contributed by atoms with van der Waals surface area (Å²) in [7, 11) is 0. The molecule has 2 aliphatic heterocycles. The lowest BCUT2D eigenvalue weighted by Gasteiger charge is -2.31. The lowest BCUT2D eigenvalue weighted by molar-refractivity contribution is -0.130. The van der Waals surface area contributed by atoms with E-state index in [0.717, 1.165) is 45.7 Å². The summed E-state index contributed by atoms with van der Waals surface area (Å²) < 4.78 is 0. The first-order valence-corrected chi connectivity index (χ1v) is 10.8. The van der Waals surface area contributed by atoms with Gasteiger partial charge in [0.2, 0.25) is 5.91 Å². The van der Waals surface area contributed by atoms with Crippen LogP contribution in [0.25, 0.3) is 0 Å². The Hall–Kier alpha value is -1.04. The smallest absolute Gasteiger partial charge is 0.236 e. The number of benzene rings is 1. The number of hydrogen-bond acceptors (Lipinski definition) is 4. The monoisotopic (exact) mass is 375 g/mol. The third kappa shape index (κ3) is 4.44. The molecule has 0 aromatic heterocycles. The molecule has 0 radical (unpaired) electrons. The normalized spacial score (nSPS) is 25.1. The highest BCUT2D eigenvalue weighted by Crippen LogP contribution is 2.44. The van der Waals surface area contributed by atoms with E-state index in [4.69, 9.17) is 0 Å². The van der Waals surface area contributed by atoms with Crippen LogP contribution in [0.15, 0.2) is 24.3 Å². The Labute approximate surface area is 162 Å². The first-order chi connectivity index (χ1) is 12.4. The van der Waals surface area contributed by atoms with Gasteiger partial charge in [0.25, 0.3) is 0 Å². The summed E-state index contributed by atoms with van der Waals surface area (Å²) >= 11 is 1.83. The first-order valence-electron chi connectivity index (χ1n) is 9.89. The molecule has 0 spiro atoms. The molecule has 26 heavy (non-hydrogen) atoms. The second-order valence-electron chi connectivity index (χ2n) is 8.38. The summed E-state index contributed by atoms with van der Waals surface area (Å²) in [5.74, 6) is 0.317. The summed E-state index contributed by atoms with van der Waals surface area (Å²) in [4.78, 5) is 17.5. The SMILES string of the molecule is CC[C@H]1S[C@@H](c2ccc(C(C)(C)C)cc2)N(CCN2CCNCC2)C1=O. The minimum Gasteiger partial charge on any atom is -0.324 e. The maximum Gasteiger partial charge on any atom is 0.236 e. The van der Waals surface area contributed by atoms with Crippen LogP contribution in [0, 0.1) is 0 Å². The van der Waals surface area contributed by atoms with Crippen molar-refractivity contribution in [2.75, 3.05) is 39.3 Å². The molecule has 2 fully saturated rings. The Morgan fingerprint density at radius 2 is 1.77 bits per heavy atom. The number of nitrogens with one attached hydrogen (secondary N) is 1. The van der Waals surface area contributed by atoms with Crippen molar-refractivity contribution in [1.82, 2.24) is 15.1 Å². The number of hydrogen-bond donors (Lipinski definition) is 1. The van der Waals surface area contributed by atoms with Crippen LogP contribution in [0.5, 0.6) is 0 Å². The van der Waals surface area contributed by atoms with Crippen LogP contribution < -0.4 is 5.32 Å². The van der Waals surface area contributed by atoms with Crippen molar-refractivity contribution in [2.45, 2.75) is 50.2 Å². The molecule has 2 heterocycles. The standard InChI is InChI=1S/C21H33N3OS/c1-5-18-19(25)24(15-14-23-12-10-22-11-13-23)20(26-18)16-6-8-17(9-7-16)21(2,3)4/h6-9,18,20,22H,5,10-15H2,1-4H3/t18-,20+/m1/s1. The van der Waals surface area contributed by atoms with Gasteiger partial charge in [0, 0.05) is 39.3 Å². The maximum atomic E-state index is 12.9. The molecule has 1 N–H and O–H groups in total. The van der Waals surface area contributed by atoms with Crippen molar-refractivity contribution < 1.29 is 4.79 Å². The molecule has 2 aliphatic rings. The fraction of sp³-hybridized carbons (Fsp3) is 0.667.